The van der Waals surface area contributed by atoms with Gasteiger partial charge in [-0.1, -0.05) is 0 Å². The maximum absolute atomic E-state index is 11.6. The molecule has 110 valence electrons. The molecule has 20 heavy (non-hydrogen) atoms. The molecule has 0 unspecified atom stereocenters. The second-order valence-electron chi connectivity index (χ2n) is 5.17. The van der Waals surface area contributed by atoms with Crippen LogP contribution in [0.1, 0.15) is 29.2 Å². The maximum Gasteiger partial charge on any atom is 0.376 e. The van der Waals surface area contributed by atoms with Gasteiger partial charge in [-0.05, 0) is 39.3 Å². The van der Waals surface area contributed by atoms with Crippen molar-refractivity contribution in [3.63, 3.8) is 0 Å². The van der Waals surface area contributed by atoms with Crippen LogP contribution in [0.4, 0.5) is 5.82 Å². The van der Waals surface area contributed by atoms with Gasteiger partial charge in [0.05, 0.1) is 7.11 Å². The summed E-state index contributed by atoms with van der Waals surface area (Å²) in [6.07, 6.45) is 2.27. The summed E-state index contributed by atoms with van der Waals surface area (Å²) in [5, 5.41) is 3.23. The van der Waals surface area contributed by atoms with Crippen LogP contribution in [0.15, 0.2) is 6.07 Å². The molecule has 1 fully saturated rings. The average Bonchev–Trinajstić information content (AvgIpc) is 2.47. The first-order valence-corrected chi connectivity index (χ1v) is 6.97. The normalized spacial score (nSPS) is 16.2. The molecule has 6 heteroatoms. The zero-order chi connectivity index (χ0) is 14.5. The summed E-state index contributed by atoms with van der Waals surface area (Å²) in [6.45, 7) is 4.85. The number of esters is 1. The highest BCUT2D eigenvalue weighted by Gasteiger charge is 2.21. The van der Waals surface area contributed by atoms with Gasteiger partial charge in [0.2, 0.25) is 5.82 Å². The quantitative estimate of drug-likeness (QED) is 0.829. The van der Waals surface area contributed by atoms with Gasteiger partial charge in [0.1, 0.15) is 5.82 Å². The molecule has 1 saturated heterocycles. The van der Waals surface area contributed by atoms with Crippen molar-refractivity contribution >= 4 is 11.8 Å². The van der Waals surface area contributed by atoms with E-state index >= 15 is 0 Å². The van der Waals surface area contributed by atoms with Crippen LogP contribution >= 0.6 is 0 Å². The van der Waals surface area contributed by atoms with Crippen molar-refractivity contribution in [3.05, 3.63) is 17.6 Å². The number of aromatic nitrogens is 2. The zero-order valence-corrected chi connectivity index (χ0v) is 12.3. The van der Waals surface area contributed by atoms with E-state index in [9.17, 15) is 4.79 Å². The smallest absolute Gasteiger partial charge is 0.376 e. The largest absolute Gasteiger partial charge is 0.463 e. The number of carbonyl (C=O) groups excluding carboxylic acids is 1. The van der Waals surface area contributed by atoms with E-state index in [1.807, 2.05) is 20.0 Å². The molecule has 0 spiro atoms. The molecule has 1 aromatic heterocycles. The van der Waals surface area contributed by atoms with Gasteiger partial charge in [-0.25, -0.2) is 14.8 Å². The Hall–Kier alpha value is -1.69. The van der Waals surface area contributed by atoms with Crippen LogP contribution in [0, 0.1) is 12.8 Å². The molecule has 1 N–H and O–H groups in total. The Balaban J connectivity index is 2.09. The van der Waals surface area contributed by atoms with Crippen LogP contribution in [0.3, 0.4) is 0 Å². The lowest BCUT2D eigenvalue weighted by Gasteiger charge is -2.32. The first-order valence-electron chi connectivity index (χ1n) is 6.97. The predicted octanol–water partition coefficient (Wildman–Crippen LogP) is 1.01. The van der Waals surface area contributed by atoms with E-state index in [0.29, 0.717) is 0 Å². The second kappa shape index (κ2) is 6.65. The minimum atomic E-state index is -0.486. The number of hydrogen-bond acceptors (Lipinski definition) is 6. The number of rotatable bonds is 4. The van der Waals surface area contributed by atoms with E-state index in [0.717, 1.165) is 49.9 Å². The molecule has 0 radical (unpaired) electrons. The standard InChI is InChI=1S/C14H22N4O2/c1-10-8-12(17-13(16-10)14(19)20-3)18-6-4-11(5-7-18)9-15-2/h8,11,15H,4-7,9H2,1-3H3. The molecule has 1 aliphatic rings. The number of nitrogens with zero attached hydrogens (tertiary/aromatic N) is 3. The number of carbonyl (C=O) groups is 1. The fourth-order valence-corrected chi connectivity index (χ4v) is 2.55. The van der Waals surface area contributed by atoms with Crippen LogP contribution in [0.2, 0.25) is 0 Å². The maximum atomic E-state index is 11.6. The van der Waals surface area contributed by atoms with Crippen LogP contribution in [-0.4, -0.2) is 49.7 Å². The third-order valence-electron chi connectivity index (χ3n) is 3.64. The van der Waals surface area contributed by atoms with Crippen LogP contribution in [-0.2, 0) is 4.74 Å². The Labute approximate surface area is 119 Å². The molecular weight excluding hydrogens is 256 g/mol. The molecule has 0 aromatic carbocycles. The third kappa shape index (κ3) is 3.45. The first-order chi connectivity index (χ1) is 9.63. The second-order valence-corrected chi connectivity index (χ2v) is 5.17. The number of nitrogens with one attached hydrogen (secondary N) is 1. The van der Waals surface area contributed by atoms with Crippen LogP contribution in [0.25, 0.3) is 0 Å². The van der Waals surface area contributed by atoms with Crippen LogP contribution in [0.5, 0.6) is 0 Å². The van der Waals surface area contributed by atoms with Gasteiger partial charge in [0.25, 0.3) is 0 Å². The Morgan fingerprint density at radius 1 is 1.45 bits per heavy atom. The fourth-order valence-electron chi connectivity index (χ4n) is 2.55. The summed E-state index contributed by atoms with van der Waals surface area (Å²) in [6, 6.07) is 1.92. The lowest BCUT2D eigenvalue weighted by Crippen LogP contribution is -2.37. The van der Waals surface area contributed by atoms with Crippen molar-refractivity contribution in [2.45, 2.75) is 19.8 Å². The summed E-state index contributed by atoms with van der Waals surface area (Å²) >= 11 is 0. The Morgan fingerprint density at radius 2 is 2.15 bits per heavy atom. The lowest BCUT2D eigenvalue weighted by atomic mass is 9.97. The molecule has 0 aliphatic carbocycles. The number of methoxy groups -OCH3 is 1. The van der Waals surface area contributed by atoms with Crippen molar-refractivity contribution in [3.8, 4) is 0 Å². The topological polar surface area (TPSA) is 67.4 Å². The summed E-state index contributed by atoms with van der Waals surface area (Å²) in [4.78, 5) is 22.2. The van der Waals surface area contributed by atoms with E-state index in [2.05, 4.69) is 20.2 Å². The SMILES string of the molecule is CNCC1CCN(c2cc(C)nc(C(=O)OC)n2)CC1. The van der Waals surface area contributed by atoms with Gasteiger partial charge < -0.3 is 15.0 Å². The highest BCUT2D eigenvalue weighted by atomic mass is 16.5. The Morgan fingerprint density at radius 3 is 2.75 bits per heavy atom. The molecule has 2 rings (SSSR count). The third-order valence-corrected chi connectivity index (χ3v) is 3.64. The van der Waals surface area contributed by atoms with Gasteiger partial charge in [-0.3, -0.25) is 0 Å². The van der Waals surface area contributed by atoms with Crippen molar-refractivity contribution in [2.75, 3.05) is 38.7 Å². The lowest BCUT2D eigenvalue weighted by molar-refractivity contribution is 0.0586. The summed E-state index contributed by atoms with van der Waals surface area (Å²) in [5.74, 6) is 1.19. The van der Waals surface area contributed by atoms with E-state index in [4.69, 9.17) is 4.74 Å². The molecule has 0 atom stereocenters. The van der Waals surface area contributed by atoms with Gasteiger partial charge >= 0.3 is 5.97 Å². The highest BCUT2D eigenvalue weighted by molar-refractivity contribution is 5.85. The molecule has 0 bridgehead atoms. The number of aryl methyl sites for hydroxylation is 1. The summed E-state index contributed by atoms with van der Waals surface area (Å²) in [7, 11) is 3.33. The van der Waals surface area contributed by atoms with Crippen LogP contribution < -0.4 is 10.2 Å². The fraction of sp³-hybridized carbons (Fsp3) is 0.643. The molecule has 1 aliphatic heterocycles. The number of anilines is 1. The van der Waals surface area contributed by atoms with Crippen molar-refractivity contribution in [1.29, 1.82) is 0 Å². The number of piperidine rings is 1. The van der Waals surface area contributed by atoms with Gasteiger partial charge in [0.15, 0.2) is 0 Å². The predicted molar refractivity (Wildman–Crippen MR) is 77.0 cm³/mol. The Kier molecular flexibility index (Phi) is 4.89. The molecule has 0 amide bonds. The van der Waals surface area contributed by atoms with E-state index in [-0.39, 0.29) is 5.82 Å². The van der Waals surface area contributed by atoms with Gasteiger partial charge in [-0.2, -0.15) is 0 Å². The Bertz CT molecular complexity index is 470. The van der Waals surface area contributed by atoms with Crippen molar-refractivity contribution in [1.82, 2.24) is 15.3 Å². The number of ether oxygens (including phenoxy) is 1. The molecule has 0 saturated carbocycles. The number of hydrogen-bond donors (Lipinski definition) is 1. The van der Waals surface area contributed by atoms with E-state index in [1.165, 1.54) is 7.11 Å². The van der Waals surface area contributed by atoms with Crippen molar-refractivity contribution in [2.24, 2.45) is 5.92 Å². The minimum absolute atomic E-state index is 0.139. The molecule has 2 heterocycles. The molecular formula is C14H22N4O2. The van der Waals surface area contributed by atoms with Crippen molar-refractivity contribution < 1.29 is 9.53 Å². The highest BCUT2D eigenvalue weighted by Crippen LogP contribution is 2.22. The molecule has 1 aromatic rings. The average molecular weight is 278 g/mol. The summed E-state index contributed by atoms with van der Waals surface area (Å²) in [5.41, 5.74) is 0.785. The van der Waals surface area contributed by atoms with Gasteiger partial charge in [-0.15, -0.1) is 0 Å². The van der Waals surface area contributed by atoms with E-state index < -0.39 is 5.97 Å². The monoisotopic (exact) mass is 278 g/mol. The first kappa shape index (κ1) is 14.7. The summed E-state index contributed by atoms with van der Waals surface area (Å²) < 4.78 is 4.69. The molecule has 6 nitrogen and oxygen atoms in total. The van der Waals surface area contributed by atoms with Gasteiger partial charge in [0, 0.05) is 24.8 Å². The minimum Gasteiger partial charge on any atom is -0.463 e. The van der Waals surface area contributed by atoms with E-state index in [1.54, 1.807) is 0 Å². The zero-order valence-electron chi connectivity index (χ0n) is 12.3.